The van der Waals surface area contributed by atoms with Crippen molar-refractivity contribution in [2.75, 3.05) is 13.4 Å². The Morgan fingerprint density at radius 2 is 2.00 bits per heavy atom. The van der Waals surface area contributed by atoms with Gasteiger partial charge in [-0.05, 0) is 54.3 Å². The second-order valence-electron chi connectivity index (χ2n) is 5.07. The van der Waals surface area contributed by atoms with E-state index in [1.165, 1.54) is 11.6 Å². The van der Waals surface area contributed by atoms with Gasteiger partial charge in [-0.1, -0.05) is 6.07 Å². The van der Waals surface area contributed by atoms with E-state index >= 15 is 0 Å². The Hall–Kier alpha value is -2.82. The van der Waals surface area contributed by atoms with Crippen LogP contribution in [0.5, 0.6) is 11.5 Å². The Labute approximate surface area is 134 Å². The summed E-state index contributed by atoms with van der Waals surface area (Å²) in [6.45, 7) is 0.634. The zero-order valence-corrected chi connectivity index (χ0v) is 12.6. The Morgan fingerprint density at radius 3 is 2.87 bits per heavy atom. The highest BCUT2D eigenvalue weighted by molar-refractivity contribution is 5.87. The zero-order chi connectivity index (χ0) is 15.9. The largest absolute Gasteiger partial charge is 0.463 e. The maximum absolute atomic E-state index is 11.7. The van der Waals surface area contributed by atoms with Crippen molar-refractivity contribution in [3.63, 3.8) is 0 Å². The van der Waals surface area contributed by atoms with Crippen LogP contribution in [-0.2, 0) is 16.0 Å². The average Bonchev–Trinajstić information content (AvgIpc) is 3.05. The molecule has 1 aliphatic rings. The van der Waals surface area contributed by atoms with Gasteiger partial charge in [-0.15, -0.1) is 0 Å². The van der Waals surface area contributed by atoms with Crippen LogP contribution in [0.3, 0.4) is 0 Å². The summed E-state index contributed by atoms with van der Waals surface area (Å²) in [5, 5.41) is 0. The SMILES string of the molecule is O=C(/C=C/c1ccc2c(c1)OCO2)OCCCc1ccncc1. The van der Waals surface area contributed by atoms with Gasteiger partial charge in [0, 0.05) is 18.5 Å². The lowest BCUT2D eigenvalue weighted by molar-refractivity contribution is -0.137. The van der Waals surface area contributed by atoms with E-state index in [9.17, 15) is 4.79 Å². The number of hydrogen-bond acceptors (Lipinski definition) is 5. The fourth-order valence-electron chi connectivity index (χ4n) is 2.23. The minimum Gasteiger partial charge on any atom is -0.463 e. The van der Waals surface area contributed by atoms with Crippen molar-refractivity contribution >= 4 is 12.0 Å². The second kappa shape index (κ2) is 7.45. The molecule has 5 heteroatoms. The van der Waals surface area contributed by atoms with Crippen LogP contribution in [0.2, 0.25) is 0 Å². The predicted molar refractivity (Wildman–Crippen MR) is 85.1 cm³/mol. The van der Waals surface area contributed by atoms with E-state index in [4.69, 9.17) is 14.2 Å². The molecular weight excluding hydrogens is 294 g/mol. The topological polar surface area (TPSA) is 57.7 Å². The van der Waals surface area contributed by atoms with Gasteiger partial charge in [0.25, 0.3) is 0 Å². The van der Waals surface area contributed by atoms with Crippen LogP contribution in [0.25, 0.3) is 6.08 Å². The van der Waals surface area contributed by atoms with E-state index in [-0.39, 0.29) is 12.8 Å². The molecule has 0 radical (unpaired) electrons. The summed E-state index contributed by atoms with van der Waals surface area (Å²) in [4.78, 5) is 15.7. The van der Waals surface area contributed by atoms with Crippen LogP contribution in [0.1, 0.15) is 17.5 Å². The van der Waals surface area contributed by atoms with Gasteiger partial charge in [0.05, 0.1) is 6.61 Å². The second-order valence-corrected chi connectivity index (χ2v) is 5.07. The minimum atomic E-state index is -0.350. The number of pyridine rings is 1. The number of aromatic nitrogens is 1. The summed E-state index contributed by atoms with van der Waals surface area (Å²) >= 11 is 0. The summed E-state index contributed by atoms with van der Waals surface area (Å²) in [7, 11) is 0. The highest BCUT2D eigenvalue weighted by Gasteiger charge is 2.12. The molecule has 0 amide bonds. The summed E-state index contributed by atoms with van der Waals surface area (Å²) < 4.78 is 15.7. The summed E-state index contributed by atoms with van der Waals surface area (Å²) in [5.74, 6) is 1.07. The lowest BCUT2D eigenvalue weighted by atomic mass is 10.1. The molecule has 3 rings (SSSR count). The number of carbonyl (C=O) groups excluding carboxylic acids is 1. The molecule has 0 unspecified atom stereocenters. The third-order valence-electron chi connectivity index (χ3n) is 3.41. The molecule has 23 heavy (non-hydrogen) atoms. The van der Waals surface area contributed by atoms with Gasteiger partial charge in [-0.25, -0.2) is 4.79 Å². The van der Waals surface area contributed by atoms with Crippen molar-refractivity contribution in [2.24, 2.45) is 0 Å². The molecule has 0 spiro atoms. The van der Waals surface area contributed by atoms with Gasteiger partial charge in [0.15, 0.2) is 11.5 Å². The molecule has 2 heterocycles. The van der Waals surface area contributed by atoms with E-state index in [0.29, 0.717) is 12.4 Å². The van der Waals surface area contributed by atoms with Gasteiger partial charge >= 0.3 is 5.97 Å². The number of esters is 1. The van der Waals surface area contributed by atoms with E-state index in [0.717, 1.165) is 24.2 Å². The smallest absolute Gasteiger partial charge is 0.330 e. The van der Waals surface area contributed by atoms with E-state index < -0.39 is 0 Å². The van der Waals surface area contributed by atoms with Gasteiger partial charge in [0.2, 0.25) is 6.79 Å². The molecule has 0 aliphatic carbocycles. The predicted octanol–water partition coefficient (Wildman–Crippen LogP) is 3.00. The minimum absolute atomic E-state index is 0.238. The first-order chi connectivity index (χ1) is 11.3. The molecule has 0 fully saturated rings. The van der Waals surface area contributed by atoms with E-state index in [1.54, 1.807) is 18.5 Å². The lowest BCUT2D eigenvalue weighted by Gasteiger charge is -2.02. The first-order valence-electron chi connectivity index (χ1n) is 7.45. The quantitative estimate of drug-likeness (QED) is 0.466. The van der Waals surface area contributed by atoms with Gasteiger partial charge in [-0.3, -0.25) is 4.98 Å². The van der Waals surface area contributed by atoms with Gasteiger partial charge in [0.1, 0.15) is 0 Å². The standard InChI is InChI=1S/C18H17NO4/c20-18(21-11-1-2-14-7-9-19-10-8-14)6-4-15-3-5-16-17(12-15)23-13-22-16/h3-10,12H,1-2,11,13H2/b6-4+. The maximum atomic E-state index is 11.7. The number of carbonyl (C=O) groups is 1. The molecule has 118 valence electrons. The Kier molecular flexibility index (Phi) is 4.88. The monoisotopic (exact) mass is 311 g/mol. The number of rotatable bonds is 6. The average molecular weight is 311 g/mol. The van der Waals surface area contributed by atoms with Crippen molar-refractivity contribution in [3.05, 3.63) is 59.9 Å². The molecule has 2 aromatic rings. The third-order valence-corrected chi connectivity index (χ3v) is 3.41. The number of benzene rings is 1. The van der Waals surface area contributed by atoms with Crippen LogP contribution >= 0.6 is 0 Å². The van der Waals surface area contributed by atoms with Crippen molar-refractivity contribution in [1.29, 1.82) is 0 Å². The van der Waals surface area contributed by atoms with Crippen molar-refractivity contribution in [1.82, 2.24) is 4.98 Å². The highest BCUT2D eigenvalue weighted by Crippen LogP contribution is 2.32. The highest BCUT2D eigenvalue weighted by atomic mass is 16.7. The summed E-state index contributed by atoms with van der Waals surface area (Å²) in [6.07, 6.45) is 8.29. The lowest BCUT2D eigenvalue weighted by Crippen LogP contribution is -2.03. The number of hydrogen-bond donors (Lipinski definition) is 0. The Morgan fingerprint density at radius 1 is 1.17 bits per heavy atom. The molecule has 0 N–H and O–H groups in total. The van der Waals surface area contributed by atoms with Crippen LogP contribution in [0.15, 0.2) is 48.8 Å². The molecular formula is C18H17NO4. The maximum Gasteiger partial charge on any atom is 0.330 e. The normalized spacial score (nSPS) is 12.5. The van der Waals surface area contributed by atoms with E-state index in [2.05, 4.69) is 4.98 Å². The van der Waals surface area contributed by atoms with Crippen molar-refractivity contribution in [2.45, 2.75) is 12.8 Å². The van der Waals surface area contributed by atoms with E-state index in [1.807, 2.05) is 30.3 Å². The van der Waals surface area contributed by atoms with Crippen molar-refractivity contribution in [3.8, 4) is 11.5 Å². The zero-order valence-electron chi connectivity index (χ0n) is 12.6. The Bertz CT molecular complexity index is 697. The van der Waals surface area contributed by atoms with Crippen molar-refractivity contribution < 1.29 is 19.0 Å². The fraction of sp³-hybridized carbons (Fsp3) is 0.222. The molecule has 0 saturated heterocycles. The molecule has 5 nitrogen and oxygen atoms in total. The first kappa shape index (κ1) is 15.1. The van der Waals surface area contributed by atoms with Crippen LogP contribution in [0.4, 0.5) is 0 Å². The number of nitrogens with zero attached hydrogens (tertiary/aromatic N) is 1. The molecule has 1 aromatic carbocycles. The number of ether oxygens (including phenoxy) is 3. The van der Waals surface area contributed by atoms with Crippen LogP contribution < -0.4 is 9.47 Å². The molecule has 1 aliphatic heterocycles. The van der Waals surface area contributed by atoms with Gasteiger partial charge in [-0.2, -0.15) is 0 Å². The Balaban J connectivity index is 1.42. The third kappa shape index (κ3) is 4.32. The van der Waals surface area contributed by atoms with Crippen LogP contribution in [0, 0.1) is 0 Å². The molecule has 1 aromatic heterocycles. The number of fused-ring (bicyclic) bond motifs is 1. The molecule has 0 saturated carbocycles. The molecule has 0 atom stereocenters. The molecule has 0 bridgehead atoms. The summed E-state index contributed by atoms with van der Waals surface area (Å²) in [6, 6.07) is 9.43. The van der Waals surface area contributed by atoms with Crippen LogP contribution in [-0.4, -0.2) is 24.4 Å². The fourth-order valence-corrected chi connectivity index (χ4v) is 2.23. The first-order valence-corrected chi connectivity index (χ1v) is 7.45. The summed E-state index contributed by atoms with van der Waals surface area (Å²) in [5.41, 5.74) is 2.05. The number of aryl methyl sites for hydroxylation is 1. The van der Waals surface area contributed by atoms with Gasteiger partial charge < -0.3 is 14.2 Å².